The maximum Gasteiger partial charge on any atom is 0.380 e. The van der Waals surface area contributed by atoms with Gasteiger partial charge < -0.3 is 0 Å². The average Bonchev–Trinajstić information content (AvgIpc) is 3.94. The molecule has 5 aromatic rings. The zero-order valence-electron chi connectivity index (χ0n) is 24.6. The van der Waals surface area contributed by atoms with Crippen LogP contribution >= 0.6 is 69.3 Å². The van der Waals surface area contributed by atoms with Crippen LogP contribution in [0.2, 0.25) is 0 Å². The van der Waals surface area contributed by atoms with Crippen LogP contribution in [-0.2, 0) is 0 Å². The van der Waals surface area contributed by atoms with E-state index in [0.717, 1.165) is 68.8 Å². The molecule has 0 N–H and O–H groups in total. The number of nitriles is 4. The first-order chi connectivity index (χ1) is 23.7. The summed E-state index contributed by atoms with van der Waals surface area (Å²) in [6, 6.07) is 21.1. The number of thiophene rings is 5. The Balaban J connectivity index is 1.65. The van der Waals surface area contributed by atoms with Gasteiger partial charge in [-0.1, -0.05) is 6.08 Å². The predicted octanol–water partition coefficient (Wildman–Crippen LogP) is 11.8. The number of thiol groups is 1. The SMILES string of the molecule is N#Cc1ccc(/C=C(\c2ccc(C#N)s2)c2sc(-c3ccc(C#N)s3)cc2C2=C(C/C=C(\S)c3ccc(C#N)s3)C(F)(F)C(F)(F)C2(F)F)s1. The standard InChI is InChI=1S/C34H14F6N4S6/c35-32(36)24(6-7-25(45)27-9-4-20(15-43)48-27)30(33(37,38)34(32,39)40)23-12-29(28-10-5-21(16-44)49-28)50-31(23)22(26-8-3-19(14-42)47-26)11-17-1-2-18(13-41)46-17/h1-5,7-12,45H,6H2/b22-11+,25-7-. The third kappa shape index (κ3) is 6.03. The van der Waals surface area contributed by atoms with Gasteiger partial charge in [-0.05, 0) is 67.1 Å². The normalized spacial score (nSPS) is 16.5. The molecule has 0 unspecified atom stereocenters. The fourth-order valence-electron chi connectivity index (χ4n) is 5.14. The lowest BCUT2D eigenvalue weighted by Gasteiger charge is -2.26. The van der Waals surface area contributed by atoms with Crippen LogP contribution in [0.1, 0.15) is 51.0 Å². The van der Waals surface area contributed by atoms with Crippen LogP contribution in [0.5, 0.6) is 0 Å². The van der Waals surface area contributed by atoms with Crippen LogP contribution in [0.25, 0.3) is 31.9 Å². The van der Waals surface area contributed by atoms with Gasteiger partial charge in [-0.15, -0.1) is 69.3 Å². The molecule has 4 nitrogen and oxygen atoms in total. The van der Waals surface area contributed by atoms with Crippen molar-refractivity contribution in [1.29, 1.82) is 21.0 Å². The first-order valence-electron chi connectivity index (χ1n) is 13.9. The molecule has 0 saturated heterocycles. The maximum absolute atomic E-state index is 16.1. The second-order valence-electron chi connectivity index (χ2n) is 10.4. The van der Waals surface area contributed by atoms with Crippen LogP contribution < -0.4 is 0 Å². The Kier molecular flexibility index (Phi) is 9.49. The first-order valence-corrected chi connectivity index (χ1v) is 18.4. The summed E-state index contributed by atoms with van der Waals surface area (Å²) in [5, 5.41) is 37.5. The van der Waals surface area contributed by atoms with Crippen LogP contribution in [0, 0.1) is 45.3 Å². The van der Waals surface area contributed by atoms with Gasteiger partial charge in [0.1, 0.15) is 43.8 Å². The first kappa shape index (κ1) is 35.4. The Bertz CT molecular complexity index is 2420. The summed E-state index contributed by atoms with van der Waals surface area (Å²) in [5.41, 5.74) is -3.44. The molecule has 5 heterocycles. The highest BCUT2D eigenvalue weighted by Crippen LogP contribution is 2.64. The van der Waals surface area contributed by atoms with Gasteiger partial charge in [0.2, 0.25) is 0 Å². The van der Waals surface area contributed by atoms with Crippen LogP contribution in [0.3, 0.4) is 0 Å². The van der Waals surface area contributed by atoms with E-state index in [1.165, 1.54) is 42.5 Å². The average molecular weight is 785 g/mol. The Morgan fingerprint density at radius 3 is 1.82 bits per heavy atom. The van der Waals surface area contributed by atoms with Crippen molar-refractivity contribution in [2.24, 2.45) is 0 Å². The van der Waals surface area contributed by atoms with Crippen molar-refractivity contribution >= 4 is 91.4 Å². The molecule has 0 aliphatic heterocycles. The summed E-state index contributed by atoms with van der Waals surface area (Å²) in [6.45, 7) is 0. The summed E-state index contributed by atoms with van der Waals surface area (Å²) in [7, 11) is 0. The Labute approximate surface area is 306 Å². The van der Waals surface area contributed by atoms with Crippen molar-refractivity contribution in [3.05, 3.63) is 111 Å². The predicted molar refractivity (Wildman–Crippen MR) is 190 cm³/mol. The van der Waals surface area contributed by atoms with E-state index in [4.69, 9.17) is 5.26 Å². The molecule has 248 valence electrons. The van der Waals surface area contributed by atoms with Gasteiger partial charge in [-0.25, -0.2) is 0 Å². The lowest BCUT2D eigenvalue weighted by molar-refractivity contribution is -0.260. The topological polar surface area (TPSA) is 95.2 Å². The van der Waals surface area contributed by atoms with E-state index in [2.05, 4.69) is 12.6 Å². The van der Waals surface area contributed by atoms with Crippen LogP contribution in [0.4, 0.5) is 26.3 Å². The molecule has 16 heteroatoms. The number of allylic oxidation sites excluding steroid dienone is 3. The Hall–Kier alpha value is -4.39. The quantitative estimate of drug-likeness (QED) is 0.125. The molecule has 0 aromatic carbocycles. The van der Waals surface area contributed by atoms with Crippen LogP contribution in [0.15, 0.2) is 66.2 Å². The fraction of sp³-hybridized carbons (Fsp3) is 0.118. The highest BCUT2D eigenvalue weighted by Gasteiger charge is 2.79. The number of rotatable bonds is 8. The molecule has 0 fully saturated rings. The molecule has 0 amide bonds. The Morgan fingerprint density at radius 2 is 1.22 bits per heavy atom. The zero-order chi connectivity index (χ0) is 36.0. The van der Waals surface area contributed by atoms with Crippen molar-refractivity contribution in [3.8, 4) is 34.0 Å². The van der Waals surface area contributed by atoms with Gasteiger partial charge in [0.15, 0.2) is 0 Å². The smallest absolute Gasteiger partial charge is 0.194 e. The zero-order valence-corrected chi connectivity index (χ0v) is 29.6. The van der Waals surface area contributed by atoms with Gasteiger partial charge in [0.05, 0.1) is 0 Å². The third-order valence-electron chi connectivity index (χ3n) is 7.46. The highest BCUT2D eigenvalue weighted by atomic mass is 32.1. The molecule has 0 radical (unpaired) electrons. The molecule has 0 spiro atoms. The summed E-state index contributed by atoms with van der Waals surface area (Å²) < 4.78 is 94.2. The summed E-state index contributed by atoms with van der Waals surface area (Å²) in [5.74, 6) is -16.4. The van der Waals surface area contributed by atoms with E-state index in [0.29, 0.717) is 24.4 Å². The van der Waals surface area contributed by atoms with Crippen molar-refractivity contribution < 1.29 is 26.3 Å². The number of halogens is 6. The maximum atomic E-state index is 16.1. The van der Waals surface area contributed by atoms with Gasteiger partial charge in [-0.2, -0.15) is 47.4 Å². The molecule has 5 aromatic heterocycles. The van der Waals surface area contributed by atoms with Crippen molar-refractivity contribution in [2.75, 3.05) is 0 Å². The van der Waals surface area contributed by atoms with Crippen molar-refractivity contribution in [3.63, 3.8) is 0 Å². The molecule has 1 aliphatic rings. The number of hydrogen-bond acceptors (Lipinski definition) is 10. The molecule has 6 rings (SSSR count). The molecule has 1 aliphatic carbocycles. The van der Waals surface area contributed by atoms with Gasteiger partial charge in [0.25, 0.3) is 0 Å². The van der Waals surface area contributed by atoms with E-state index in [1.54, 1.807) is 12.1 Å². The monoisotopic (exact) mass is 784 g/mol. The largest absolute Gasteiger partial charge is 0.380 e. The van der Waals surface area contributed by atoms with E-state index < -0.39 is 40.9 Å². The van der Waals surface area contributed by atoms with E-state index in [1.807, 2.05) is 24.3 Å². The molecular weight excluding hydrogens is 771 g/mol. The van der Waals surface area contributed by atoms with Gasteiger partial charge >= 0.3 is 17.8 Å². The molecule has 50 heavy (non-hydrogen) atoms. The third-order valence-corrected chi connectivity index (χ3v) is 13.4. The minimum absolute atomic E-state index is 0.0285. The second-order valence-corrected chi connectivity index (χ2v) is 16.3. The molecule has 0 saturated carbocycles. The minimum atomic E-state index is -5.81. The highest BCUT2D eigenvalue weighted by molar-refractivity contribution is 7.90. The Morgan fingerprint density at radius 1 is 0.660 bits per heavy atom. The van der Waals surface area contributed by atoms with E-state index >= 15 is 26.3 Å². The summed E-state index contributed by atoms with van der Waals surface area (Å²) >= 11 is 9.18. The lowest BCUT2D eigenvalue weighted by Crippen LogP contribution is -2.49. The molecule has 0 atom stereocenters. The fourth-order valence-corrected chi connectivity index (χ4v) is 9.90. The lowest BCUT2D eigenvalue weighted by atomic mass is 9.94. The van der Waals surface area contributed by atoms with Crippen molar-refractivity contribution in [2.45, 2.75) is 24.2 Å². The molecular formula is C34H14F6N4S6. The van der Waals surface area contributed by atoms with Gasteiger partial charge in [0, 0.05) is 56.5 Å². The van der Waals surface area contributed by atoms with Crippen LogP contribution in [-0.4, -0.2) is 17.8 Å². The number of alkyl halides is 6. The number of hydrogen-bond donors (Lipinski definition) is 1. The minimum Gasteiger partial charge on any atom is -0.194 e. The van der Waals surface area contributed by atoms with Crippen molar-refractivity contribution in [1.82, 2.24) is 0 Å². The number of nitrogens with zero attached hydrogens (tertiary/aromatic N) is 4. The van der Waals surface area contributed by atoms with Gasteiger partial charge in [-0.3, -0.25) is 0 Å². The van der Waals surface area contributed by atoms with E-state index in [9.17, 15) is 15.8 Å². The molecule has 0 bridgehead atoms. The van der Waals surface area contributed by atoms with E-state index in [-0.39, 0.29) is 34.9 Å². The summed E-state index contributed by atoms with van der Waals surface area (Å²) in [4.78, 5) is 2.93. The summed E-state index contributed by atoms with van der Waals surface area (Å²) in [6.07, 6.45) is 1.54. The second kappa shape index (κ2) is 13.4.